The number of pyridine rings is 1. The van der Waals surface area contributed by atoms with E-state index in [1.165, 1.54) is 13.4 Å². The van der Waals surface area contributed by atoms with Crippen molar-refractivity contribution in [2.75, 3.05) is 32.2 Å². The van der Waals surface area contributed by atoms with Gasteiger partial charge in [0.25, 0.3) is 0 Å². The number of hydrogen-bond donors (Lipinski definition) is 0. The standard InChI is InChI=1S/C20H22N4O4/c1-4-27-20(25)28-18-11-15-16(12-17(18)26-3)22-13-23-19(15)24(2)10-8-14-7-5-6-9-21-14/h5-7,9,11-13H,4,8,10H2,1-3H3. The zero-order valence-corrected chi connectivity index (χ0v) is 16.1. The molecule has 0 aliphatic rings. The molecule has 28 heavy (non-hydrogen) atoms. The molecule has 0 fully saturated rings. The number of aromatic nitrogens is 3. The fraction of sp³-hybridized carbons (Fsp3) is 0.300. The van der Waals surface area contributed by atoms with Gasteiger partial charge in [0.2, 0.25) is 0 Å². The summed E-state index contributed by atoms with van der Waals surface area (Å²) < 4.78 is 15.5. The molecule has 0 N–H and O–H groups in total. The van der Waals surface area contributed by atoms with Crippen LogP contribution in [0.15, 0.2) is 42.9 Å². The Balaban J connectivity index is 1.90. The summed E-state index contributed by atoms with van der Waals surface area (Å²) in [7, 11) is 3.45. The van der Waals surface area contributed by atoms with Crippen molar-refractivity contribution in [3.05, 3.63) is 48.5 Å². The van der Waals surface area contributed by atoms with Gasteiger partial charge in [-0.15, -0.1) is 0 Å². The van der Waals surface area contributed by atoms with Crippen molar-refractivity contribution in [3.8, 4) is 11.5 Å². The maximum Gasteiger partial charge on any atom is 0.513 e. The van der Waals surface area contributed by atoms with E-state index in [0.29, 0.717) is 17.8 Å². The van der Waals surface area contributed by atoms with E-state index in [1.54, 1.807) is 25.3 Å². The van der Waals surface area contributed by atoms with Crippen molar-refractivity contribution in [2.24, 2.45) is 0 Å². The van der Waals surface area contributed by atoms with Crippen LogP contribution in [-0.4, -0.2) is 48.4 Å². The minimum Gasteiger partial charge on any atom is -0.493 e. The number of likely N-dealkylation sites (N-methyl/N-ethyl adjacent to an activating group) is 1. The van der Waals surface area contributed by atoms with Crippen molar-refractivity contribution in [1.29, 1.82) is 0 Å². The summed E-state index contributed by atoms with van der Waals surface area (Å²) in [5, 5.41) is 0.742. The highest BCUT2D eigenvalue weighted by molar-refractivity contribution is 5.92. The summed E-state index contributed by atoms with van der Waals surface area (Å²) in [6.45, 7) is 2.64. The molecular weight excluding hydrogens is 360 g/mol. The van der Waals surface area contributed by atoms with Crippen LogP contribution in [0.1, 0.15) is 12.6 Å². The van der Waals surface area contributed by atoms with Crippen LogP contribution in [0.2, 0.25) is 0 Å². The van der Waals surface area contributed by atoms with Crippen LogP contribution in [0.5, 0.6) is 11.5 Å². The smallest absolute Gasteiger partial charge is 0.493 e. The van der Waals surface area contributed by atoms with Gasteiger partial charge in [-0.05, 0) is 25.1 Å². The maximum atomic E-state index is 11.7. The number of nitrogens with zero attached hydrogens (tertiary/aromatic N) is 4. The molecule has 0 spiro atoms. The minimum absolute atomic E-state index is 0.222. The highest BCUT2D eigenvalue weighted by Gasteiger charge is 2.16. The van der Waals surface area contributed by atoms with Gasteiger partial charge in [0.05, 0.1) is 19.2 Å². The van der Waals surface area contributed by atoms with Crippen molar-refractivity contribution >= 4 is 22.9 Å². The average molecular weight is 382 g/mol. The van der Waals surface area contributed by atoms with Crippen molar-refractivity contribution < 1.29 is 19.0 Å². The summed E-state index contributed by atoms with van der Waals surface area (Å²) >= 11 is 0. The maximum absolute atomic E-state index is 11.7. The number of fused-ring (bicyclic) bond motifs is 1. The highest BCUT2D eigenvalue weighted by Crippen LogP contribution is 2.35. The number of carbonyl (C=O) groups excluding carboxylic acids is 1. The van der Waals surface area contributed by atoms with E-state index in [9.17, 15) is 4.79 Å². The largest absolute Gasteiger partial charge is 0.513 e. The van der Waals surface area contributed by atoms with Gasteiger partial charge in [0.15, 0.2) is 11.5 Å². The fourth-order valence-corrected chi connectivity index (χ4v) is 2.77. The van der Waals surface area contributed by atoms with Gasteiger partial charge in [-0.25, -0.2) is 14.8 Å². The van der Waals surface area contributed by atoms with Gasteiger partial charge in [-0.3, -0.25) is 4.98 Å². The van der Waals surface area contributed by atoms with Gasteiger partial charge in [-0.1, -0.05) is 6.07 Å². The molecule has 3 rings (SSSR count). The van der Waals surface area contributed by atoms with Gasteiger partial charge in [0, 0.05) is 43.4 Å². The Labute approximate surface area is 163 Å². The lowest BCUT2D eigenvalue weighted by atomic mass is 10.2. The van der Waals surface area contributed by atoms with Gasteiger partial charge in [0.1, 0.15) is 12.1 Å². The van der Waals surface area contributed by atoms with Crippen LogP contribution in [0.3, 0.4) is 0 Å². The Kier molecular flexibility index (Phi) is 6.21. The lowest BCUT2D eigenvalue weighted by molar-refractivity contribution is 0.103. The van der Waals surface area contributed by atoms with Crippen molar-refractivity contribution in [1.82, 2.24) is 15.0 Å². The molecule has 0 aliphatic carbocycles. The highest BCUT2D eigenvalue weighted by atomic mass is 16.7. The van der Waals surface area contributed by atoms with Crippen LogP contribution in [-0.2, 0) is 11.2 Å². The zero-order valence-electron chi connectivity index (χ0n) is 16.1. The SMILES string of the molecule is CCOC(=O)Oc1cc2c(N(C)CCc3ccccn3)ncnc2cc1OC. The molecule has 0 radical (unpaired) electrons. The quantitative estimate of drug-likeness (QED) is 0.455. The average Bonchev–Trinajstić information content (AvgIpc) is 2.72. The Bertz CT molecular complexity index is 950. The second kappa shape index (κ2) is 8.98. The van der Waals surface area contributed by atoms with Gasteiger partial charge >= 0.3 is 6.16 Å². The third kappa shape index (κ3) is 4.46. The van der Waals surface area contributed by atoms with Crippen LogP contribution in [0, 0.1) is 0 Å². The molecule has 0 aliphatic heterocycles. The van der Waals surface area contributed by atoms with Crippen LogP contribution in [0.4, 0.5) is 10.6 Å². The molecule has 3 aromatic rings. The van der Waals surface area contributed by atoms with Crippen molar-refractivity contribution in [2.45, 2.75) is 13.3 Å². The topological polar surface area (TPSA) is 86.7 Å². The number of ether oxygens (including phenoxy) is 3. The van der Waals surface area contributed by atoms with Gasteiger partial charge < -0.3 is 19.1 Å². The first-order valence-electron chi connectivity index (χ1n) is 8.90. The monoisotopic (exact) mass is 382 g/mol. The molecule has 2 heterocycles. The molecule has 0 saturated carbocycles. The van der Waals surface area contributed by atoms with Crippen LogP contribution < -0.4 is 14.4 Å². The molecule has 2 aromatic heterocycles. The number of hydrogen-bond acceptors (Lipinski definition) is 8. The zero-order chi connectivity index (χ0) is 19.9. The Hall–Kier alpha value is -3.42. The van der Waals surface area contributed by atoms with E-state index in [4.69, 9.17) is 14.2 Å². The summed E-state index contributed by atoms with van der Waals surface area (Å²) in [5.41, 5.74) is 1.68. The van der Waals surface area contributed by atoms with Crippen LogP contribution >= 0.6 is 0 Å². The minimum atomic E-state index is -0.790. The van der Waals surface area contributed by atoms with E-state index in [2.05, 4.69) is 15.0 Å². The molecule has 146 valence electrons. The Morgan fingerprint density at radius 1 is 1.14 bits per heavy atom. The number of anilines is 1. The summed E-state index contributed by atoms with van der Waals surface area (Å²) in [6, 6.07) is 9.25. The fourth-order valence-electron chi connectivity index (χ4n) is 2.77. The number of benzene rings is 1. The molecule has 8 nitrogen and oxygen atoms in total. The second-order valence-corrected chi connectivity index (χ2v) is 6.00. The summed E-state index contributed by atoms with van der Waals surface area (Å²) in [6.07, 6.45) is 3.26. The van der Waals surface area contributed by atoms with E-state index < -0.39 is 6.16 Å². The molecule has 0 bridgehead atoms. The molecule has 0 saturated heterocycles. The number of carbonyl (C=O) groups is 1. The number of methoxy groups -OCH3 is 1. The molecular formula is C20H22N4O4. The van der Waals surface area contributed by atoms with E-state index in [-0.39, 0.29) is 12.4 Å². The molecule has 8 heteroatoms. The third-order valence-electron chi connectivity index (χ3n) is 4.15. The van der Waals surface area contributed by atoms with Crippen LogP contribution in [0.25, 0.3) is 10.9 Å². The summed E-state index contributed by atoms with van der Waals surface area (Å²) in [5.74, 6) is 1.36. The first-order valence-corrected chi connectivity index (χ1v) is 8.90. The predicted octanol–water partition coefficient (Wildman–Crippen LogP) is 3.25. The van der Waals surface area contributed by atoms with E-state index in [1.807, 2.05) is 30.1 Å². The van der Waals surface area contributed by atoms with Gasteiger partial charge in [-0.2, -0.15) is 0 Å². The first-order chi connectivity index (χ1) is 13.6. The molecule has 1 aromatic carbocycles. The molecule has 0 unspecified atom stereocenters. The predicted molar refractivity (Wildman–Crippen MR) is 105 cm³/mol. The molecule has 0 amide bonds. The lowest BCUT2D eigenvalue weighted by Crippen LogP contribution is -2.22. The lowest BCUT2D eigenvalue weighted by Gasteiger charge is -2.20. The normalized spacial score (nSPS) is 10.5. The summed E-state index contributed by atoms with van der Waals surface area (Å²) in [4.78, 5) is 26.8. The molecule has 0 atom stereocenters. The van der Waals surface area contributed by atoms with E-state index >= 15 is 0 Å². The van der Waals surface area contributed by atoms with E-state index in [0.717, 1.165) is 23.3 Å². The third-order valence-corrected chi connectivity index (χ3v) is 4.15. The second-order valence-electron chi connectivity index (χ2n) is 6.00. The first kappa shape index (κ1) is 19.3. The van der Waals surface area contributed by atoms with Crippen molar-refractivity contribution in [3.63, 3.8) is 0 Å². The Morgan fingerprint density at radius 2 is 2.00 bits per heavy atom. The number of rotatable bonds is 7. The Morgan fingerprint density at radius 3 is 2.71 bits per heavy atom.